The Morgan fingerprint density at radius 1 is 1.41 bits per heavy atom. The number of hydrogen-bond donors (Lipinski definition) is 0. The van der Waals surface area contributed by atoms with Gasteiger partial charge in [0.2, 0.25) is 0 Å². The van der Waals surface area contributed by atoms with Gasteiger partial charge in [-0.15, -0.1) is 0 Å². The molecule has 1 aromatic rings. The first-order valence-electron chi connectivity index (χ1n) is 5.24. The zero-order valence-corrected chi connectivity index (χ0v) is 9.48. The van der Waals surface area contributed by atoms with Crippen molar-refractivity contribution in [1.29, 1.82) is 0 Å². The third kappa shape index (κ3) is 4.18. The number of rotatable bonds is 5. The number of hydrogen-bond acceptors (Lipinski definition) is 3. The number of aldehydes is 1. The highest BCUT2D eigenvalue weighted by Crippen LogP contribution is 2.11. The van der Waals surface area contributed by atoms with Gasteiger partial charge >= 0.3 is 5.97 Å². The summed E-state index contributed by atoms with van der Waals surface area (Å²) in [5.74, 6) is -0.798. The molecule has 0 unspecified atom stereocenters. The molecule has 90 valence electrons. The molecule has 4 heteroatoms. The molecule has 0 atom stereocenters. The Balaban J connectivity index is 2.71. The van der Waals surface area contributed by atoms with E-state index >= 15 is 0 Å². The molecule has 0 aliphatic heterocycles. The van der Waals surface area contributed by atoms with Gasteiger partial charge in [-0.1, -0.05) is 18.2 Å². The zero-order valence-electron chi connectivity index (χ0n) is 9.48. The van der Waals surface area contributed by atoms with Gasteiger partial charge < -0.3 is 4.74 Å². The lowest BCUT2D eigenvalue weighted by molar-refractivity contribution is -0.142. The maximum Gasteiger partial charge on any atom is 0.309 e. The molecular weight excluding hydrogens is 223 g/mol. The minimum atomic E-state index is -0.463. The number of carbonyl (C=O) groups excluding carboxylic acids is 2. The van der Waals surface area contributed by atoms with Gasteiger partial charge in [0.05, 0.1) is 13.0 Å². The lowest BCUT2D eigenvalue weighted by Crippen LogP contribution is -2.01. The van der Waals surface area contributed by atoms with Gasteiger partial charge in [-0.3, -0.25) is 9.59 Å². The Labute approximate surface area is 98.9 Å². The fourth-order valence-electron chi connectivity index (χ4n) is 1.30. The molecule has 1 rings (SSSR count). The normalized spacial score (nSPS) is 10.5. The minimum Gasteiger partial charge on any atom is -0.466 e. The van der Waals surface area contributed by atoms with Crippen molar-refractivity contribution in [3.8, 4) is 0 Å². The van der Waals surface area contributed by atoms with Crippen LogP contribution in [0.5, 0.6) is 0 Å². The first-order valence-corrected chi connectivity index (χ1v) is 5.24. The molecule has 0 amide bonds. The second-order valence-corrected chi connectivity index (χ2v) is 3.30. The predicted molar refractivity (Wildman–Crippen MR) is 62.1 cm³/mol. The number of esters is 1. The molecule has 0 aliphatic carbocycles. The van der Waals surface area contributed by atoms with Crippen LogP contribution in [0.1, 0.15) is 29.3 Å². The molecule has 0 heterocycles. The molecule has 17 heavy (non-hydrogen) atoms. The summed E-state index contributed by atoms with van der Waals surface area (Å²) in [5.41, 5.74) is 0.829. The summed E-state index contributed by atoms with van der Waals surface area (Å²) >= 11 is 0. The monoisotopic (exact) mass is 236 g/mol. The summed E-state index contributed by atoms with van der Waals surface area (Å²) in [5, 5.41) is 0. The van der Waals surface area contributed by atoms with E-state index in [1.165, 1.54) is 12.1 Å². The van der Waals surface area contributed by atoms with E-state index in [9.17, 15) is 14.0 Å². The molecule has 0 saturated heterocycles. The minimum absolute atomic E-state index is 0.128. The molecule has 0 N–H and O–H groups in total. The summed E-state index contributed by atoms with van der Waals surface area (Å²) in [4.78, 5) is 21.7. The highest BCUT2D eigenvalue weighted by atomic mass is 19.1. The van der Waals surface area contributed by atoms with E-state index in [2.05, 4.69) is 0 Å². The van der Waals surface area contributed by atoms with Gasteiger partial charge in [-0.25, -0.2) is 4.39 Å². The van der Waals surface area contributed by atoms with Crippen LogP contribution in [0, 0.1) is 5.82 Å². The van der Waals surface area contributed by atoms with Crippen LogP contribution in [-0.4, -0.2) is 18.9 Å². The molecule has 0 saturated carbocycles. The molecule has 0 bridgehead atoms. The van der Waals surface area contributed by atoms with E-state index in [4.69, 9.17) is 4.74 Å². The van der Waals surface area contributed by atoms with E-state index in [0.717, 1.165) is 6.07 Å². The quantitative estimate of drug-likeness (QED) is 0.583. The predicted octanol–water partition coefficient (Wildman–Crippen LogP) is 2.60. The first kappa shape index (κ1) is 13.1. The molecular formula is C13H13FO3. The maximum absolute atomic E-state index is 12.8. The molecule has 0 fully saturated rings. The Hall–Kier alpha value is -1.97. The van der Waals surface area contributed by atoms with Gasteiger partial charge in [0.25, 0.3) is 0 Å². The average Bonchev–Trinajstić information content (AvgIpc) is 2.31. The van der Waals surface area contributed by atoms with Crippen molar-refractivity contribution in [3.05, 3.63) is 41.2 Å². The van der Waals surface area contributed by atoms with E-state index in [1.54, 1.807) is 19.1 Å². The Kier molecular flexibility index (Phi) is 5.07. The molecule has 0 radical (unpaired) electrons. The van der Waals surface area contributed by atoms with E-state index < -0.39 is 5.82 Å². The first-order chi connectivity index (χ1) is 8.17. The highest BCUT2D eigenvalue weighted by Gasteiger charge is 2.01. The topological polar surface area (TPSA) is 43.4 Å². The zero-order chi connectivity index (χ0) is 12.7. The largest absolute Gasteiger partial charge is 0.466 e. The SMILES string of the molecule is CCOC(=O)CC=Cc1ccc(F)cc1C=O. The van der Waals surface area contributed by atoms with Gasteiger partial charge in [-0.05, 0) is 24.6 Å². The average molecular weight is 236 g/mol. The van der Waals surface area contributed by atoms with E-state index in [-0.39, 0.29) is 18.0 Å². The van der Waals surface area contributed by atoms with Crippen LogP contribution in [0.15, 0.2) is 24.3 Å². The molecule has 0 aliphatic rings. The lowest BCUT2D eigenvalue weighted by Gasteiger charge is -1.99. The fraction of sp³-hybridized carbons (Fsp3) is 0.231. The summed E-state index contributed by atoms with van der Waals surface area (Å²) < 4.78 is 17.6. The maximum atomic E-state index is 12.8. The van der Waals surface area contributed by atoms with Crippen LogP contribution >= 0.6 is 0 Å². The summed E-state index contributed by atoms with van der Waals surface area (Å²) in [6, 6.07) is 3.90. The molecule has 0 aromatic heterocycles. The van der Waals surface area contributed by atoms with Crippen LogP contribution in [0.4, 0.5) is 4.39 Å². The van der Waals surface area contributed by atoms with Crippen molar-refractivity contribution in [2.45, 2.75) is 13.3 Å². The smallest absolute Gasteiger partial charge is 0.309 e. The number of carbonyl (C=O) groups is 2. The van der Waals surface area contributed by atoms with Crippen molar-refractivity contribution in [1.82, 2.24) is 0 Å². The van der Waals surface area contributed by atoms with Crippen LogP contribution in [-0.2, 0) is 9.53 Å². The van der Waals surface area contributed by atoms with Crippen molar-refractivity contribution in [3.63, 3.8) is 0 Å². The second kappa shape index (κ2) is 6.58. The highest BCUT2D eigenvalue weighted by molar-refractivity contribution is 5.82. The van der Waals surface area contributed by atoms with E-state index in [0.29, 0.717) is 18.5 Å². The lowest BCUT2D eigenvalue weighted by atomic mass is 10.1. The molecule has 3 nitrogen and oxygen atoms in total. The molecule has 1 aromatic carbocycles. The number of benzene rings is 1. The van der Waals surface area contributed by atoms with Crippen LogP contribution in [0.2, 0.25) is 0 Å². The van der Waals surface area contributed by atoms with Crippen LogP contribution in [0.25, 0.3) is 6.08 Å². The summed E-state index contributed by atoms with van der Waals surface area (Å²) in [6.45, 7) is 2.06. The van der Waals surface area contributed by atoms with Crippen molar-refractivity contribution in [2.24, 2.45) is 0 Å². The van der Waals surface area contributed by atoms with Gasteiger partial charge in [0.1, 0.15) is 5.82 Å². The Bertz CT molecular complexity index is 438. The van der Waals surface area contributed by atoms with Crippen LogP contribution in [0.3, 0.4) is 0 Å². The standard InChI is InChI=1S/C13H13FO3/c1-2-17-13(16)5-3-4-10-6-7-12(14)8-11(10)9-15/h3-4,6-9H,2,5H2,1H3. The summed E-state index contributed by atoms with van der Waals surface area (Å²) in [7, 11) is 0. The van der Waals surface area contributed by atoms with Crippen LogP contribution < -0.4 is 0 Å². The third-order valence-corrected chi connectivity index (χ3v) is 2.06. The third-order valence-electron chi connectivity index (χ3n) is 2.06. The van der Waals surface area contributed by atoms with Gasteiger partial charge in [0.15, 0.2) is 6.29 Å². The van der Waals surface area contributed by atoms with E-state index in [1.807, 2.05) is 0 Å². The van der Waals surface area contributed by atoms with Crippen molar-refractivity contribution < 1.29 is 18.7 Å². The number of halogens is 1. The van der Waals surface area contributed by atoms with Gasteiger partial charge in [-0.2, -0.15) is 0 Å². The van der Waals surface area contributed by atoms with Crippen molar-refractivity contribution >= 4 is 18.3 Å². The second-order valence-electron chi connectivity index (χ2n) is 3.30. The fourth-order valence-corrected chi connectivity index (χ4v) is 1.30. The Morgan fingerprint density at radius 2 is 2.18 bits per heavy atom. The number of ether oxygens (including phenoxy) is 1. The molecule has 0 spiro atoms. The van der Waals surface area contributed by atoms with Crippen molar-refractivity contribution in [2.75, 3.05) is 6.61 Å². The summed E-state index contributed by atoms with van der Waals surface area (Å²) in [6.07, 6.45) is 3.88. The van der Waals surface area contributed by atoms with Gasteiger partial charge in [0, 0.05) is 5.56 Å². The Morgan fingerprint density at radius 3 is 2.82 bits per heavy atom.